The lowest BCUT2D eigenvalue weighted by atomic mass is 10.2. The van der Waals surface area contributed by atoms with Crippen molar-refractivity contribution in [3.05, 3.63) is 35.9 Å². The number of benzene rings is 1. The molecule has 1 aliphatic heterocycles. The molecule has 2 N–H and O–H groups in total. The zero-order valence-electron chi connectivity index (χ0n) is 16.8. The van der Waals surface area contributed by atoms with Crippen LogP contribution in [0.4, 0.5) is 0 Å². The number of rotatable bonds is 9. The van der Waals surface area contributed by atoms with E-state index in [0.717, 1.165) is 19.6 Å². The van der Waals surface area contributed by atoms with Crippen molar-refractivity contribution in [1.82, 2.24) is 20.4 Å². The van der Waals surface area contributed by atoms with Crippen LogP contribution in [0.3, 0.4) is 0 Å². The quantitative estimate of drug-likeness (QED) is 0.382. The van der Waals surface area contributed by atoms with Crippen molar-refractivity contribution >= 4 is 11.9 Å². The minimum absolute atomic E-state index is 0.0191. The molecule has 0 aromatic heterocycles. The highest BCUT2D eigenvalue weighted by atomic mass is 16.5. The maximum atomic E-state index is 11.8. The van der Waals surface area contributed by atoms with E-state index in [2.05, 4.69) is 50.9 Å². The fraction of sp³-hybridized carbons (Fsp3) is 0.600. The van der Waals surface area contributed by atoms with Crippen molar-refractivity contribution in [3.63, 3.8) is 0 Å². The van der Waals surface area contributed by atoms with E-state index in [0.29, 0.717) is 25.2 Å². The molecule has 7 heteroatoms. The van der Waals surface area contributed by atoms with Crippen LogP contribution in [0.5, 0.6) is 0 Å². The number of likely N-dealkylation sites (tertiary alicyclic amines) is 1. The summed E-state index contributed by atoms with van der Waals surface area (Å²) in [6.45, 7) is 4.26. The number of carbonyl (C=O) groups excluding carboxylic acids is 1. The fourth-order valence-electron chi connectivity index (χ4n) is 3.10. The minimum atomic E-state index is -0.0191. The highest BCUT2D eigenvalue weighted by Gasteiger charge is 2.24. The van der Waals surface area contributed by atoms with E-state index in [1.807, 2.05) is 0 Å². The van der Waals surface area contributed by atoms with Crippen LogP contribution in [0.1, 0.15) is 18.4 Å². The molecule has 1 heterocycles. The summed E-state index contributed by atoms with van der Waals surface area (Å²) in [6, 6.07) is 11.0. The average Bonchev–Trinajstić information content (AvgIpc) is 3.11. The largest absolute Gasteiger partial charge is 0.383 e. The van der Waals surface area contributed by atoms with Gasteiger partial charge in [-0.15, -0.1) is 0 Å². The Balaban J connectivity index is 1.89. The van der Waals surface area contributed by atoms with Crippen molar-refractivity contribution in [2.75, 3.05) is 54.0 Å². The van der Waals surface area contributed by atoms with E-state index in [4.69, 9.17) is 4.74 Å². The zero-order chi connectivity index (χ0) is 19.5. The molecular formula is C20H33N5O2. The summed E-state index contributed by atoms with van der Waals surface area (Å²) >= 11 is 0. The lowest BCUT2D eigenvalue weighted by molar-refractivity contribution is -0.127. The van der Waals surface area contributed by atoms with Crippen LogP contribution < -0.4 is 10.6 Å². The van der Waals surface area contributed by atoms with Gasteiger partial charge in [-0.1, -0.05) is 30.3 Å². The third kappa shape index (κ3) is 7.56. The van der Waals surface area contributed by atoms with Gasteiger partial charge in [-0.3, -0.25) is 9.69 Å². The van der Waals surface area contributed by atoms with Crippen molar-refractivity contribution in [3.8, 4) is 0 Å². The van der Waals surface area contributed by atoms with Gasteiger partial charge in [-0.25, -0.2) is 4.99 Å². The first-order chi connectivity index (χ1) is 13.1. The van der Waals surface area contributed by atoms with Gasteiger partial charge in [0.15, 0.2) is 5.96 Å². The minimum Gasteiger partial charge on any atom is -0.383 e. The van der Waals surface area contributed by atoms with Gasteiger partial charge in [0.25, 0.3) is 0 Å². The summed E-state index contributed by atoms with van der Waals surface area (Å²) < 4.78 is 5.09. The van der Waals surface area contributed by atoms with Crippen LogP contribution in [0.15, 0.2) is 35.3 Å². The predicted octanol–water partition coefficient (Wildman–Crippen LogP) is 0.921. The van der Waals surface area contributed by atoms with E-state index in [9.17, 15) is 4.79 Å². The second-order valence-electron chi connectivity index (χ2n) is 7.01. The molecule has 1 aromatic rings. The average molecular weight is 376 g/mol. The molecule has 0 bridgehead atoms. The molecule has 150 valence electrons. The van der Waals surface area contributed by atoms with Crippen molar-refractivity contribution < 1.29 is 9.53 Å². The molecule has 1 aromatic carbocycles. The van der Waals surface area contributed by atoms with Gasteiger partial charge in [0.2, 0.25) is 5.91 Å². The third-order valence-corrected chi connectivity index (χ3v) is 4.70. The summed E-state index contributed by atoms with van der Waals surface area (Å²) in [4.78, 5) is 20.3. The Morgan fingerprint density at radius 3 is 2.78 bits per heavy atom. The molecule has 27 heavy (non-hydrogen) atoms. The Morgan fingerprint density at radius 1 is 1.30 bits per heavy atom. The highest BCUT2D eigenvalue weighted by molar-refractivity contribution is 5.84. The van der Waals surface area contributed by atoms with Gasteiger partial charge in [0, 0.05) is 46.9 Å². The van der Waals surface area contributed by atoms with Gasteiger partial charge < -0.3 is 20.3 Å². The van der Waals surface area contributed by atoms with E-state index in [1.165, 1.54) is 18.4 Å². The van der Waals surface area contributed by atoms with E-state index < -0.39 is 0 Å². The van der Waals surface area contributed by atoms with E-state index in [-0.39, 0.29) is 12.5 Å². The van der Waals surface area contributed by atoms with Gasteiger partial charge >= 0.3 is 0 Å². The van der Waals surface area contributed by atoms with Gasteiger partial charge in [0.1, 0.15) is 6.54 Å². The first-order valence-corrected chi connectivity index (χ1v) is 9.59. The lowest BCUT2D eigenvalue weighted by Crippen LogP contribution is -2.45. The zero-order valence-corrected chi connectivity index (χ0v) is 16.8. The monoisotopic (exact) mass is 375 g/mol. The summed E-state index contributed by atoms with van der Waals surface area (Å²) in [6.07, 6.45) is 2.38. The molecule has 0 spiro atoms. The van der Waals surface area contributed by atoms with Gasteiger partial charge in [0.05, 0.1) is 6.61 Å². The van der Waals surface area contributed by atoms with E-state index >= 15 is 0 Å². The van der Waals surface area contributed by atoms with Crippen LogP contribution >= 0.6 is 0 Å². The number of methoxy groups -OCH3 is 1. The van der Waals surface area contributed by atoms with Crippen molar-refractivity contribution in [2.24, 2.45) is 4.99 Å². The SMILES string of the molecule is COCCNC(=NCC(=O)N(C)C)NCC1CCCN1Cc1ccccc1. The smallest absolute Gasteiger partial charge is 0.243 e. The molecule has 1 unspecified atom stereocenters. The normalized spacial score (nSPS) is 17.7. The maximum absolute atomic E-state index is 11.8. The van der Waals surface area contributed by atoms with Crippen LogP contribution in [0, 0.1) is 0 Å². The molecule has 1 saturated heterocycles. The van der Waals surface area contributed by atoms with Crippen LogP contribution in [-0.4, -0.2) is 81.7 Å². The number of nitrogens with zero attached hydrogens (tertiary/aromatic N) is 3. The van der Waals surface area contributed by atoms with Crippen LogP contribution in [0.25, 0.3) is 0 Å². The Bertz CT molecular complexity index is 591. The molecule has 1 aliphatic rings. The Kier molecular flexibility index (Phi) is 9.07. The number of nitrogens with one attached hydrogen (secondary N) is 2. The molecule has 0 saturated carbocycles. The Hall–Kier alpha value is -2.12. The first kappa shape index (κ1) is 21.2. The van der Waals surface area contributed by atoms with E-state index in [1.54, 1.807) is 26.1 Å². The second-order valence-corrected chi connectivity index (χ2v) is 7.01. The Labute approximate surface area is 162 Å². The maximum Gasteiger partial charge on any atom is 0.243 e. The van der Waals surface area contributed by atoms with Crippen LogP contribution in [-0.2, 0) is 16.1 Å². The topological polar surface area (TPSA) is 69.2 Å². The number of aliphatic imine (C=N–C) groups is 1. The fourth-order valence-corrected chi connectivity index (χ4v) is 3.10. The molecule has 0 radical (unpaired) electrons. The first-order valence-electron chi connectivity index (χ1n) is 9.59. The number of likely N-dealkylation sites (N-methyl/N-ethyl adjacent to an activating group) is 1. The number of ether oxygens (including phenoxy) is 1. The summed E-state index contributed by atoms with van der Waals surface area (Å²) in [5.74, 6) is 0.642. The summed E-state index contributed by atoms with van der Waals surface area (Å²) in [5.41, 5.74) is 1.34. The second kappa shape index (κ2) is 11.6. The number of hydrogen-bond donors (Lipinski definition) is 2. The third-order valence-electron chi connectivity index (χ3n) is 4.70. The number of amides is 1. The predicted molar refractivity (Wildman–Crippen MR) is 109 cm³/mol. The molecule has 1 amide bonds. The highest BCUT2D eigenvalue weighted by Crippen LogP contribution is 2.19. The summed E-state index contributed by atoms with van der Waals surface area (Å²) in [5, 5.41) is 6.63. The van der Waals surface area contributed by atoms with Crippen molar-refractivity contribution in [1.29, 1.82) is 0 Å². The van der Waals surface area contributed by atoms with Gasteiger partial charge in [-0.05, 0) is 24.9 Å². The molecule has 2 rings (SSSR count). The molecule has 1 atom stereocenters. The van der Waals surface area contributed by atoms with Crippen molar-refractivity contribution in [2.45, 2.75) is 25.4 Å². The van der Waals surface area contributed by atoms with Crippen LogP contribution in [0.2, 0.25) is 0 Å². The molecule has 1 fully saturated rings. The number of hydrogen-bond acceptors (Lipinski definition) is 4. The summed E-state index contributed by atoms with van der Waals surface area (Å²) in [7, 11) is 5.15. The number of carbonyl (C=O) groups is 1. The molecule has 7 nitrogen and oxygen atoms in total. The number of guanidine groups is 1. The molecule has 0 aliphatic carbocycles. The molecular weight excluding hydrogens is 342 g/mol. The Morgan fingerprint density at radius 2 is 2.07 bits per heavy atom. The standard InChI is InChI=1S/C20H33N5O2/c1-24(2)19(26)15-23-20(21-11-13-27-3)22-14-18-10-7-12-25(18)16-17-8-5-4-6-9-17/h4-6,8-9,18H,7,10-16H2,1-3H3,(H2,21,22,23). The van der Waals surface area contributed by atoms with Gasteiger partial charge in [-0.2, -0.15) is 0 Å². The lowest BCUT2D eigenvalue weighted by Gasteiger charge is -2.25.